The molecule has 4 saturated carbocycles. The van der Waals surface area contributed by atoms with Crippen LogP contribution in [0.15, 0.2) is 59.9 Å². The maximum atomic E-state index is 13.5. The minimum atomic E-state index is -2.72. The standard InChI is InChI=1S/C27H34ClF2NO3.C27H36ClF2NO2/c1-25(2,3)8-7-16-5-6-19(11-22(16)28)26(4)14-23(32)31(20-12-27(29,30)13-20)15-21(26)17-9-18(10-17)24(33)34;1-25(2,3)8-7-18-5-6-20(11-23(18)28)26(4)14-24(33)31(21-12-27(29,30)13-21)15-22(26)19-9-17(10-19)16-32/h5-6,11,15,17-18,20H,7-10,12-14H2,1-4H3,(H,33,34);5-6,11,15,17,19,21,32H,7-10,12-14,16H2,1-4H3/t17?,18?,26-;17?,19?,26-/m00/s1. The van der Waals surface area contributed by atoms with Crippen LogP contribution < -0.4 is 0 Å². The first kappa shape index (κ1) is 51.4. The predicted molar refractivity (Wildman–Crippen MR) is 255 cm³/mol. The maximum absolute atomic E-state index is 13.5. The van der Waals surface area contributed by atoms with Gasteiger partial charge in [0.1, 0.15) is 0 Å². The van der Waals surface area contributed by atoms with Crippen molar-refractivity contribution in [1.29, 1.82) is 0 Å². The molecule has 6 aliphatic rings. The molecule has 2 aromatic rings. The van der Waals surface area contributed by atoms with E-state index in [1.54, 1.807) is 11.1 Å². The Morgan fingerprint density at radius 2 is 1.04 bits per heavy atom. The fraction of sp³-hybridized carbons (Fsp3) is 0.648. The molecule has 2 aromatic carbocycles. The first-order chi connectivity index (χ1) is 31.0. The summed E-state index contributed by atoms with van der Waals surface area (Å²) in [4.78, 5) is 40.8. The molecule has 7 nitrogen and oxygen atoms in total. The number of rotatable bonds is 12. The summed E-state index contributed by atoms with van der Waals surface area (Å²) in [5.41, 5.74) is 5.36. The lowest BCUT2D eigenvalue weighted by molar-refractivity contribution is -0.151. The topological polar surface area (TPSA) is 98.2 Å². The molecule has 2 aliphatic heterocycles. The Kier molecular flexibility index (Phi) is 14.4. The van der Waals surface area contributed by atoms with Crippen molar-refractivity contribution in [3.8, 4) is 0 Å². The lowest BCUT2D eigenvalue weighted by Crippen LogP contribution is -2.55. The Morgan fingerprint density at radius 3 is 1.36 bits per heavy atom. The van der Waals surface area contributed by atoms with E-state index in [1.165, 1.54) is 4.90 Å². The third-order valence-corrected chi connectivity index (χ3v) is 16.6. The van der Waals surface area contributed by atoms with Crippen molar-refractivity contribution in [3.05, 3.63) is 92.2 Å². The minimum absolute atomic E-state index is 0.00151. The van der Waals surface area contributed by atoms with E-state index in [-0.39, 0.29) is 85.5 Å². The zero-order chi connectivity index (χ0) is 49.2. The van der Waals surface area contributed by atoms with E-state index >= 15 is 0 Å². The molecule has 0 saturated heterocycles. The highest BCUT2D eigenvalue weighted by Crippen LogP contribution is 2.54. The lowest BCUT2D eigenvalue weighted by atomic mass is 9.60. The molecule has 0 bridgehead atoms. The summed E-state index contributed by atoms with van der Waals surface area (Å²) in [6.07, 6.45) is 9.34. The predicted octanol–water partition coefficient (Wildman–Crippen LogP) is 13.1. The summed E-state index contributed by atoms with van der Waals surface area (Å²) < 4.78 is 54.2. The number of hydrogen-bond acceptors (Lipinski definition) is 4. The Balaban J connectivity index is 0.000000199. The third kappa shape index (κ3) is 11.3. The molecule has 0 aromatic heterocycles. The molecule has 2 N–H and O–H groups in total. The number of carbonyl (C=O) groups is 3. The van der Waals surface area contributed by atoms with Crippen molar-refractivity contribution in [2.24, 2.45) is 34.5 Å². The van der Waals surface area contributed by atoms with Gasteiger partial charge in [0.25, 0.3) is 11.8 Å². The molecule has 4 aliphatic carbocycles. The normalized spacial score (nSPS) is 29.7. The van der Waals surface area contributed by atoms with Crippen LogP contribution >= 0.6 is 23.2 Å². The summed E-state index contributed by atoms with van der Waals surface area (Å²) in [7, 11) is 0. The molecule has 4 fully saturated rings. The van der Waals surface area contributed by atoms with Gasteiger partial charge in [-0.25, -0.2) is 17.6 Å². The van der Waals surface area contributed by atoms with Gasteiger partial charge in [0.15, 0.2) is 0 Å². The van der Waals surface area contributed by atoms with Gasteiger partial charge in [-0.15, -0.1) is 0 Å². The smallest absolute Gasteiger partial charge is 0.306 e. The van der Waals surface area contributed by atoms with E-state index in [0.29, 0.717) is 22.9 Å². The third-order valence-electron chi connectivity index (χ3n) is 15.9. The zero-order valence-electron chi connectivity index (χ0n) is 40.5. The molecule has 368 valence electrons. The zero-order valence-corrected chi connectivity index (χ0v) is 42.0. The number of benzene rings is 2. The summed E-state index contributed by atoms with van der Waals surface area (Å²) >= 11 is 13.4. The van der Waals surface area contributed by atoms with Gasteiger partial charge in [-0.1, -0.05) is 103 Å². The summed E-state index contributed by atoms with van der Waals surface area (Å²) in [6.45, 7) is 17.4. The van der Waals surface area contributed by atoms with Gasteiger partial charge in [-0.2, -0.15) is 0 Å². The van der Waals surface area contributed by atoms with Crippen LogP contribution in [0.1, 0.15) is 155 Å². The number of aliphatic carboxylic acids is 1. The Bertz CT molecular complexity index is 2270. The molecule has 0 radical (unpaired) electrons. The van der Waals surface area contributed by atoms with Crippen LogP contribution in [0, 0.1) is 34.5 Å². The van der Waals surface area contributed by atoms with Crippen molar-refractivity contribution in [2.45, 2.75) is 180 Å². The molecular weight excluding hydrogens is 904 g/mol. The van der Waals surface area contributed by atoms with E-state index in [2.05, 4.69) is 60.6 Å². The molecular formula is C54H70Cl2F4N2O5. The number of amides is 2. The monoisotopic (exact) mass is 972 g/mol. The number of allylic oxidation sites excluding steroid dienone is 2. The molecule has 0 unspecified atom stereocenters. The fourth-order valence-electron chi connectivity index (χ4n) is 11.1. The second-order valence-corrected chi connectivity index (χ2v) is 24.6. The van der Waals surface area contributed by atoms with Crippen molar-refractivity contribution < 1.29 is 42.2 Å². The molecule has 2 heterocycles. The van der Waals surface area contributed by atoms with Crippen LogP contribution in [0.5, 0.6) is 0 Å². The van der Waals surface area contributed by atoms with E-state index in [0.717, 1.165) is 71.9 Å². The van der Waals surface area contributed by atoms with E-state index < -0.39 is 46.6 Å². The fourth-order valence-corrected chi connectivity index (χ4v) is 11.6. The van der Waals surface area contributed by atoms with Gasteiger partial charge in [-0.3, -0.25) is 14.4 Å². The molecule has 2 amide bonds. The lowest BCUT2D eigenvalue weighted by Gasteiger charge is -2.50. The second kappa shape index (κ2) is 18.7. The number of aliphatic hydroxyl groups excluding tert-OH is 1. The molecule has 13 heteroatoms. The number of alkyl halides is 4. The molecule has 0 spiro atoms. The van der Waals surface area contributed by atoms with Crippen LogP contribution in [0.2, 0.25) is 10.0 Å². The SMILES string of the molecule is CC(C)(C)CCc1ccc([C@]2(C)CC(=O)N(C3CC(F)(F)C3)C=C2C2CC(C(=O)O)C2)cc1Cl.CC(C)(C)CCc1ccc([C@]2(C)CC(=O)N(C3CC(F)(F)C3)C=C2C2CC(CO)C2)cc1Cl. The number of nitrogens with zero attached hydrogens (tertiary/aromatic N) is 2. The van der Waals surface area contributed by atoms with Crippen LogP contribution in [0.3, 0.4) is 0 Å². The van der Waals surface area contributed by atoms with Crippen molar-refractivity contribution in [2.75, 3.05) is 6.61 Å². The van der Waals surface area contributed by atoms with Gasteiger partial charge in [-0.05, 0) is 125 Å². The molecule has 8 rings (SSSR count). The number of carbonyl (C=O) groups excluding carboxylic acids is 2. The van der Waals surface area contributed by atoms with Gasteiger partial charge in [0, 0.05) is 90.5 Å². The summed E-state index contributed by atoms with van der Waals surface area (Å²) in [5, 5.41) is 20.3. The van der Waals surface area contributed by atoms with E-state index in [1.807, 2.05) is 37.4 Å². The first-order valence-corrected chi connectivity index (χ1v) is 25.0. The number of aryl methyl sites for hydroxylation is 2. The number of carboxylic acid groups (broad SMARTS) is 1. The average molecular weight is 974 g/mol. The quantitative estimate of drug-likeness (QED) is 0.207. The second-order valence-electron chi connectivity index (χ2n) is 23.8. The van der Waals surface area contributed by atoms with Crippen molar-refractivity contribution >= 4 is 41.0 Å². The largest absolute Gasteiger partial charge is 0.481 e. The first-order valence-electron chi connectivity index (χ1n) is 24.2. The molecule has 67 heavy (non-hydrogen) atoms. The number of carboxylic acids is 1. The van der Waals surface area contributed by atoms with Crippen molar-refractivity contribution in [3.63, 3.8) is 0 Å². The van der Waals surface area contributed by atoms with E-state index in [9.17, 15) is 42.2 Å². The Hall–Kier alpha value is -3.41. The van der Waals surface area contributed by atoms with Crippen molar-refractivity contribution in [1.82, 2.24) is 9.80 Å². The van der Waals surface area contributed by atoms with Gasteiger partial charge >= 0.3 is 5.97 Å². The highest BCUT2D eigenvalue weighted by molar-refractivity contribution is 6.31. The highest BCUT2D eigenvalue weighted by atomic mass is 35.5. The Morgan fingerprint density at radius 1 is 0.672 bits per heavy atom. The number of hydrogen-bond donors (Lipinski definition) is 2. The van der Waals surface area contributed by atoms with Crippen LogP contribution in [0.25, 0.3) is 0 Å². The number of halogens is 6. The maximum Gasteiger partial charge on any atom is 0.306 e. The summed E-state index contributed by atoms with van der Waals surface area (Å²) in [6, 6.07) is 11.2. The van der Waals surface area contributed by atoms with Crippen LogP contribution in [-0.4, -0.2) is 68.3 Å². The minimum Gasteiger partial charge on any atom is -0.481 e. The highest BCUT2D eigenvalue weighted by Gasteiger charge is 2.55. The Labute approximate surface area is 404 Å². The van der Waals surface area contributed by atoms with Gasteiger partial charge in [0.05, 0.1) is 5.92 Å². The number of aliphatic hydroxyl groups is 1. The van der Waals surface area contributed by atoms with Gasteiger partial charge in [0.2, 0.25) is 11.8 Å². The average Bonchev–Trinajstić information content (AvgIpc) is 3.15. The van der Waals surface area contributed by atoms with E-state index in [4.69, 9.17) is 23.2 Å². The summed E-state index contributed by atoms with van der Waals surface area (Å²) in [5.74, 6) is -6.38. The van der Waals surface area contributed by atoms with Gasteiger partial charge < -0.3 is 20.0 Å². The van der Waals surface area contributed by atoms with Crippen LogP contribution in [0.4, 0.5) is 17.6 Å². The molecule has 2 atom stereocenters. The van der Waals surface area contributed by atoms with Crippen LogP contribution in [-0.2, 0) is 38.1 Å².